The maximum absolute atomic E-state index is 12.1. The Labute approximate surface area is 173 Å². The molecule has 2 aromatic carbocycles. The molecule has 30 heavy (non-hydrogen) atoms. The van der Waals surface area contributed by atoms with E-state index >= 15 is 0 Å². The summed E-state index contributed by atoms with van der Waals surface area (Å²) in [6.07, 6.45) is 0. The molecular weight excluding hydrogens is 384 g/mol. The molecule has 0 aliphatic heterocycles. The van der Waals surface area contributed by atoms with Gasteiger partial charge in [-0.2, -0.15) is 10.4 Å². The number of aryl methyl sites for hydroxylation is 1. The zero-order valence-corrected chi connectivity index (χ0v) is 16.6. The number of hydrogen-bond donors (Lipinski definition) is 1. The lowest BCUT2D eigenvalue weighted by molar-refractivity contribution is -0.143. The third-order valence-electron chi connectivity index (χ3n) is 4.38. The van der Waals surface area contributed by atoms with Crippen molar-refractivity contribution in [3.8, 4) is 17.5 Å². The summed E-state index contributed by atoms with van der Waals surface area (Å²) >= 11 is 0. The summed E-state index contributed by atoms with van der Waals surface area (Å²) < 4.78 is 11.9. The zero-order chi connectivity index (χ0) is 21.5. The highest BCUT2D eigenvalue weighted by molar-refractivity contribution is 5.96. The van der Waals surface area contributed by atoms with Crippen LogP contribution in [0.25, 0.3) is 5.69 Å². The lowest BCUT2D eigenvalue weighted by Gasteiger charge is -2.10. The van der Waals surface area contributed by atoms with E-state index in [0.717, 1.165) is 5.69 Å². The van der Waals surface area contributed by atoms with E-state index in [0.29, 0.717) is 28.3 Å². The number of hydrogen-bond acceptors (Lipinski definition) is 6. The Hall–Kier alpha value is -4.12. The SMILES string of the molecule is COc1ccc(C(=O)NCC(=O)OCc2c(C#N)c(C)nn2-c2ccccc2)cc1. The van der Waals surface area contributed by atoms with Crippen LogP contribution in [0, 0.1) is 18.3 Å². The third kappa shape index (κ3) is 4.64. The molecule has 0 unspecified atom stereocenters. The number of carbonyl (C=O) groups is 2. The Balaban J connectivity index is 1.63. The average Bonchev–Trinajstić information content (AvgIpc) is 3.11. The van der Waals surface area contributed by atoms with Crippen LogP contribution in [0.1, 0.15) is 27.3 Å². The first-order chi connectivity index (χ1) is 14.5. The van der Waals surface area contributed by atoms with Gasteiger partial charge in [0.05, 0.1) is 24.2 Å². The summed E-state index contributed by atoms with van der Waals surface area (Å²) in [6.45, 7) is 1.28. The van der Waals surface area contributed by atoms with Crippen LogP contribution in [-0.4, -0.2) is 35.3 Å². The number of methoxy groups -OCH3 is 1. The highest BCUT2D eigenvalue weighted by Crippen LogP contribution is 2.19. The molecule has 0 saturated carbocycles. The Morgan fingerprint density at radius 3 is 2.47 bits per heavy atom. The van der Waals surface area contributed by atoms with Gasteiger partial charge in [0.25, 0.3) is 5.91 Å². The normalized spacial score (nSPS) is 10.2. The summed E-state index contributed by atoms with van der Waals surface area (Å²) in [5.74, 6) is -0.402. The number of aromatic nitrogens is 2. The van der Waals surface area contributed by atoms with Crippen LogP contribution in [0.15, 0.2) is 54.6 Å². The molecule has 0 saturated heterocycles. The second-order valence-corrected chi connectivity index (χ2v) is 6.34. The highest BCUT2D eigenvalue weighted by atomic mass is 16.5. The van der Waals surface area contributed by atoms with Gasteiger partial charge >= 0.3 is 5.97 Å². The monoisotopic (exact) mass is 404 g/mol. The topological polar surface area (TPSA) is 106 Å². The smallest absolute Gasteiger partial charge is 0.325 e. The van der Waals surface area contributed by atoms with Gasteiger partial charge < -0.3 is 14.8 Å². The number of amides is 1. The van der Waals surface area contributed by atoms with Gasteiger partial charge in [-0.3, -0.25) is 9.59 Å². The van der Waals surface area contributed by atoms with Crippen LogP contribution in [0.5, 0.6) is 5.75 Å². The number of rotatable bonds is 7. The van der Waals surface area contributed by atoms with Crippen molar-refractivity contribution in [2.45, 2.75) is 13.5 Å². The molecule has 3 rings (SSSR count). The van der Waals surface area contributed by atoms with Gasteiger partial charge in [-0.25, -0.2) is 4.68 Å². The summed E-state index contributed by atoms with van der Waals surface area (Å²) in [5, 5.41) is 16.3. The number of benzene rings is 2. The van der Waals surface area contributed by atoms with Crippen molar-refractivity contribution in [3.63, 3.8) is 0 Å². The number of nitrogens with one attached hydrogen (secondary N) is 1. The first-order valence-corrected chi connectivity index (χ1v) is 9.15. The Kier molecular flexibility index (Phi) is 6.45. The summed E-state index contributed by atoms with van der Waals surface area (Å²) in [5.41, 5.74) is 2.51. The van der Waals surface area contributed by atoms with Gasteiger partial charge in [-0.1, -0.05) is 18.2 Å². The van der Waals surface area contributed by atoms with Crippen LogP contribution in [-0.2, 0) is 16.1 Å². The zero-order valence-electron chi connectivity index (χ0n) is 16.6. The van der Waals surface area contributed by atoms with Crippen LogP contribution >= 0.6 is 0 Å². The molecule has 1 N–H and O–H groups in total. The van der Waals surface area contributed by atoms with E-state index in [1.54, 1.807) is 35.9 Å². The number of para-hydroxylation sites is 1. The average molecular weight is 404 g/mol. The van der Waals surface area contributed by atoms with Crippen molar-refractivity contribution in [2.75, 3.05) is 13.7 Å². The summed E-state index contributed by atoms with van der Waals surface area (Å²) in [4.78, 5) is 24.3. The van der Waals surface area contributed by atoms with Crippen molar-refractivity contribution >= 4 is 11.9 Å². The van der Waals surface area contributed by atoms with Gasteiger partial charge in [0.1, 0.15) is 30.5 Å². The second kappa shape index (κ2) is 9.39. The van der Waals surface area contributed by atoms with Crippen molar-refractivity contribution in [2.24, 2.45) is 0 Å². The molecular formula is C22H20N4O4. The molecule has 0 aliphatic rings. The molecule has 0 atom stereocenters. The predicted octanol–water partition coefficient (Wildman–Crippen LogP) is 2.53. The fourth-order valence-corrected chi connectivity index (χ4v) is 2.83. The van der Waals surface area contributed by atoms with Crippen LogP contribution in [0.2, 0.25) is 0 Å². The van der Waals surface area contributed by atoms with E-state index in [-0.39, 0.29) is 13.2 Å². The molecule has 3 aromatic rings. The van der Waals surface area contributed by atoms with Crippen molar-refractivity contribution in [1.29, 1.82) is 5.26 Å². The number of ether oxygens (including phenoxy) is 2. The molecule has 152 valence electrons. The maximum Gasteiger partial charge on any atom is 0.325 e. The van der Waals surface area contributed by atoms with E-state index in [1.165, 1.54) is 7.11 Å². The number of esters is 1. The largest absolute Gasteiger partial charge is 0.497 e. The van der Waals surface area contributed by atoms with E-state index in [2.05, 4.69) is 16.5 Å². The predicted molar refractivity (Wildman–Crippen MR) is 108 cm³/mol. The third-order valence-corrected chi connectivity index (χ3v) is 4.38. The minimum Gasteiger partial charge on any atom is -0.497 e. The molecule has 1 heterocycles. The van der Waals surface area contributed by atoms with Crippen molar-refractivity contribution in [1.82, 2.24) is 15.1 Å². The van der Waals surface area contributed by atoms with Crippen LogP contribution in [0.4, 0.5) is 0 Å². The molecule has 0 fully saturated rings. The van der Waals surface area contributed by atoms with Gasteiger partial charge in [0.2, 0.25) is 0 Å². The maximum atomic E-state index is 12.1. The fraction of sp³-hybridized carbons (Fsp3) is 0.182. The molecule has 1 amide bonds. The van der Waals surface area contributed by atoms with Gasteiger partial charge in [0.15, 0.2) is 0 Å². The first kappa shape index (κ1) is 20.6. The van der Waals surface area contributed by atoms with E-state index in [1.807, 2.05) is 30.3 Å². The van der Waals surface area contributed by atoms with Crippen LogP contribution in [0.3, 0.4) is 0 Å². The fourth-order valence-electron chi connectivity index (χ4n) is 2.83. The van der Waals surface area contributed by atoms with Crippen molar-refractivity contribution in [3.05, 3.63) is 77.1 Å². The summed E-state index contributed by atoms with van der Waals surface area (Å²) in [6, 6.07) is 17.9. The standard InChI is InChI=1S/C22H20N4O4/c1-15-19(12-23)20(26(25-15)17-6-4-3-5-7-17)14-30-21(27)13-24-22(28)16-8-10-18(29-2)11-9-16/h3-11H,13-14H2,1-2H3,(H,24,28). The molecule has 0 radical (unpaired) electrons. The Bertz CT molecular complexity index is 1080. The summed E-state index contributed by atoms with van der Waals surface area (Å²) in [7, 11) is 1.54. The highest BCUT2D eigenvalue weighted by Gasteiger charge is 2.18. The second-order valence-electron chi connectivity index (χ2n) is 6.34. The lowest BCUT2D eigenvalue weighted by Crippen LogP contribution is -2.30. The molecule has 8 heteroatoms. The van der Waals surface area contributed by atoms with Gasteiger partial charge in [-0.15, -0.1) is 0 Å². The minimum atomic E-state index is -0.626. The Morgan fingerprint density at radius 2 is 1.83 bits per heavy atom. The van der Waals surface area contributed by atoms with Crippen LogP contribution < -0.4 is 10.1 Å². The Morgan fingerprint density at radius 1 is 1.13 bits per heavy atom. The lowest BCUT2D eigenvalue weighted by atomic mass is 10.2. The minimum absolute atomic E-state index is 0.143. The molecule has 1 aromatic heterocycles. The van der Waals surface area contributed by atoms with Crippen molar-refractivity contribution < 1.29 is 19.1 Å². The van der Waals surface area contributed by atoms with E-state index in [4.69, 9.17) is 9.47 Å². The number of carbonyl (C=O) groups excluding carboxylic acids is 2. The van der Waals surface area contributed by atoms with Gasteiger partial charge in [0, 0.05) is 5.56 Å². The molecule has 0 aliphatic carbocycles. The molecule has 0 bridgehead atoms. The number of nitrogens with zero attached hydrogens (tertiary/aromatic N) is 3. The molecule has 8 nitrogen and oxygen atoms in total. The van der Waals surface area contributed by atoms with E-state index < -0.39 is 11.9 Å². The van der Waals surface area contributed by atoms with Gasteiger partial charge in [-0.05, 0) is 43.3 Å². The number of nitriles is 1. The molecule has 0 spiro atoms. The quantitative estimate of drug-likeness (QED) is 0.607. The van der Waals surface area contributed by atoms with E-state index in [9.17, 15) is 14.9 Å². The first-order valence-electron chi connectivity index (χ1n) is 9.15.